The van der Waals surface area contributed by atoms with Gasteiger partial charge in [0.1, 0.15) is 0 Å². The van der Waals surface area contributed by atoms with E-state index < -0.39 is 0 Å². The minimum Gasteiger partial charge on any atom is -0.493 e. The van der Waals surface area contributed by atoms with Gasteiger partial charge in [-0.05, 0) is 56.2 Å². The smallest absolute Gasteiger partial charge is 0.193 e. The summed E-state index contributed by atoms with van der Waals surface area (Å²) in [6, 6.07) is 6.08. The van der Waals surface area contributed by atoms with Crippen LogP contribution >= 0.6 is 0 Å². The third kappa shape index (κ3) is 8.42. The van der Waals surface area contributed by atoms with Crippen LogP contribution in [0.1, 0.15) is 56.9 Å². The number of likely N-dealkylation sites (N-methyl/N-ethyl adjacent to an activating group) is 1. The molecule has 30 heavy (non-hydrogen) atoms. The molecule has 0 aromatic heterocycles. The normalized spacial score (nSPS) is 15.1. The van der Waals surface area contributed by atoms with Crippen molar-refractivity contribution in [3.63, 3.8) is 0 Å². The van der Waals surface area contributed by atoms with Gasteiger partial charge in [-0.2, -0.15) is 0 Å². The standard InChI is InChI=1S/C24H41N3O3/c1-25-24(26-16-9-6-10-18-30-21-11-7-5-8-12-21)27(2)17-15-20-13-14-22(28-3)23(19-20)29-4/h13-14,19,21H,5-12,15-18H2,1-4H3,(H,25,26). The van der Waals surface area contributed by atoms with Gasteiger partial charge >= 0.3 is 0 Å². The molecule has 0 aliphatic heterocycles. The lowest BCUT2D eigenvalue weighted by atomic mass is 9.98. The van der Waals surface area contributed by atoms with Crippen LogP contribution in [0, 0.1) is 0 Å². The molecule has 1 fully saturated rings. The summed E-state index contributed by atoms with van der Waals surface area (Å²) in [6.07, 6.45) is 11.5. The minimum atomic E-state index is 0.523. The average molecular weight is 420 g/mol. The maximum absolute atomic E-state index is 6.01. The maximum Gasteiger partial charge on any atom is 0.193 e. The van der Waals surface area contributed by atoms with Crippen LogP contribution in [-0.4, -0.2) is 65.0 Å². The maximum atomic E-state index is 6.01. The fourth-order valence-corrected chi connectivity index (χ4v) is 3.91. The summed E-state index contributed by atoms with van der Waals surface area (Å²) in [5.74, 6) is 2.47. The molecule has 1 aliphatic carbocycles. The van der Waals surface area contributed by atoms with Gasteiger partial charge in [0, 0.05) is 33.8 Å². The van der Waals surface area contributed by atoms with E-state index in [1.165, 1.54) is 44.1 Å². The topological polar surface area (TPSA) is 55.3 Å². The van der Waals surface area contributed by atoms with E-state index in [2.05, 4.69) is 28.3 Å². The minimum absolute atomic E-state index is 0.523. The van der Waals surface area contributed by atoms with Gasteiger partial charge in [-0.25, -0.2) is 0 Å². The summed E-state index contributed by atoms with van der Waals surface area (Å²) < 4.78 is 16.7. The van der Waals surface area contributed by atoms with Gasteiger partial charge in [0.2, 0.25) is 0 Å². The zero-order chi connectivity index (χ0) is 21.6. The molecule has 0 unspecified atom stereocenters. The summed E-state index contributed by atoms with van der Waals surface area (Å²) in [6.45, 7) is 2.73. The van der Waals surface area contributed by atoms with Crippen LogP contribution < -0.4 is 14.8 Å². The number of hydrogen-bond acceptors (Lipinski definition) is 4. The number of nitrogens with one attached hydrogen (secondary N) is 1. The summed E-state index contributed by atoms with van der Waals surface area (Å²) >= 11 is 0. The number of benzene rings is 1. The molecule has 0 atom stereocenters. The molecule has 170 valence electrons. The molecule has 1 aromatic rings. The van der Waals surface area contributed by atoms with Crippen molar-refractivity contribution >= 4 is 5.96 Å². The number of ether oxygens (including phenoxy) is 3. The molecule has 0 bridgehead atoms. The molecule has 6 heteroatoms. The molecule has 0 saturated heterocycles. The van der Waals surface area contributed by atoms with E-state index in [4.69, 9.17) is 14.2 Å². The highest BCUT2D eigenvalue weighted by Gasteiger charge is 2.13. The molecule has 1 N–H and O–H groups in total. The van der Waals surface area contributed by atoms with Crippen LogP contribution in [0.3, 0.4) is 0 Å². The number of hydrogen-bond donors (Lipinski definition) is 1. The first kappa shape index (κ1) is 24.3. The Morgan fingerprint density at radius 3 is 2.53 bits per heavy atom. The molecule has 0 radical (unpaired) electrons. The number of rotatable bonds is 12. The van der Waals surface area contributed by atoms with Crippen molar-refractivity contribution in [2.45, 2.75) is 63.9 Å². The van der Waals surface area contributed by atoms with E-state index in [9.17, 15) is 0 Å². The van der Waals surface area contributed by atoms with Crippen molar-refractivity contribution in [1.82, 2.24) is 10.2 Å². The van der Waals surface area contributed by atoms with E-state index in [1.54, 1.807) is 14.2 Å². The number of nitrogens with zero attached hydrogens (tertiary/aromatic N) is 2. The van der Waals surface area contributed by atoms with E-state index in [1.807, 2.05) is 19.2 Å². The van der Waals surface area contributed by atoms with E-state index in [-0.39, 0.29) is 0 Å². The Hall–Kier alpha value is -1.95. The van der Waals surface area contributed by atoms with Gasteiger partial charge in [0.05, 0.1) is 20.3 Å². The fourth-order valence-electron chi connectivity index (χ4n) is 3.91. The summed E-state index contributed by atoms with van der Waals surface area (Å²) in [5.41, 5.74) is 1.22. The van der Waals surface area contributed by atoms with Gasteiger partial charge in [0.25, 0.3) is 0 Å². The fraction of sp³-hybridized carbons (Fsp3) is 0.708. The quantitative estimate of drug-likeness (QED) is 0.311. The van der Waals surface area contributed by atoms with Crippen molar-refractivity contribution in [3.05, 3.63) is 23.8 Å². The molecule has 0 heterocycles. The zero-order valence-corrected chi connectivity index (χ0v) is 19.4. The lowest BCUT2D eigenvalue weighted by molar-refractivity contribution is 0.0264. The molecular weight excluding hydrogens is 378 g/mol. The number of aliphatic imine (C=N–C) groups is 1. The van der Waals surface area contributed by atoms with Crippen molar-refractivity contribution in [2.24, 2.45) is 4.99 Å². The average Bonchev–Trinajstić information content (AvgIpc) is 2.79. The second kappa shape index (κ2) is 14.1. The summed E-state index contributed by atoms with van der Waals surface area (Å²) in [7, 11) is 7.24. The SMILES string of the molecule is CN=C(NCCCCCOC1CCCCC1)N(C)CCc1ccc(OC)c(OC)c1. The number of methoxy groups -OCH3 is 2. The molecule has 1 saturated carbocycles. The zero-order valence-electron chi connectivity index (χ0n) is 19.4. The van der Waals surface area contributed by atoms with Gasteiger partial charge in [-0.1, -0.05) is 25.3 Å². The van der Waals surface area contributed by atoms with Crippen LogP contribution in [-0.2, 0) is 11.2 Å². The van der Waals surface area contributed by atoms with Crippen LogP contribution in [0.25, 0.3) is 0 Å². The molecule has 1 aliphatic rings. The number of guanidine groups is 1. The predicted molar refractivity (Wildman–Crippen MR) is 124 cm³/mol. The van der Waals surface area contributed by atoms with Crippen LogP contribution in [0.15, 0.2) is 23.2 Å². The Morgan fingerprint density at radius 2 is 1.83 bits per heavy atom. The van der Waals surface area contributed by atoms with E-state index >= 15 is 0 Å². The van der Waals surface area contributed by atoms with Crippen LogP contribution in [0.5, 0.6) is 11.5 Å². The predicted octanol–water partition coefficient (Wildman–Crippen LogP) is 4.27. The van der Waals surface area contributed by atoms with Gasteiger partial charge in [0.15, 0.2) is 17.5 Å². The first-order valence-electron chi connectivity index (χ1n) is 11.4. The molecule has 0 amide bonds. The Kier molecular flexibility index (Phi) is 11.5. The monoisotopic (exact) mass is 419 g/mol. The Balaban J connectivity index is 1.60. The van der Waals surface area contributed by atoms with Gasteiger partial charge < -0.3 is 24.4 Å². The molecule has 6 nitrogen and oxygen atoms in total. The van der Waals surface area contributed by atoms with Crippen molar-refractivity contribution in [1.29, 1.82) is 0 Å². The summed E-state index contributed by atoms with van der Waals surface area (Å²) in [4.78, 5) is 6.59. The second-order valence-electron chi connectivity index (χ2n) is 8.03. The lowest BCUT2D eigenvalue weighted by Crippen LogP contribution is -2.40. The largest absolute Gasteiger partial charge is 0.493 e. The molecule has 1 aromatic carbocycles. The lowest BCUT2D eigenvalue weighted by Gasteiger charge is -2.23. The highest BCUT2D eigenvalue weighted by atomic mass is 16.5. The third-order valence-corrected chi connectivity index (χ3v) is 5.77. The highest BCUT2D eigenvalue weighted by Crippen LogP contribution is 2.27. The van der Waals surface area contributed by atoms with Gasteiger partial charge in [-0.15, -0.1) is 0 Å². The second-order valence-corrected chi connectivity index (χ2v) is 8.03. The number of unbranched alkanes of at least 4 members (excludes halogenated alkanes) is 2. The third-order valence-electron chi connectivity index (χ3n) is 5.77. The Morgan fingerprint density at radius 1 is 1.07 bits per heavy atom. The first-order valence-corrected chi connectivity index (χ1v) is 11.4. The highest BCUT2D eigenvalue weighted by molar-refractivity contribution is 5.79. The van der Waals surface area contributed by atoms with Crippen molar-refractivity contribution in [2.75, 3.05) is 48.0 Å². The molecule has 2 rings (SSSR count). The Bertz CT molecular complexity index is 630. The molecular formula is C24H41N3O3. The Labute approximate surface area is 183 Å². The summed E-state index contributed by atoms with van der Waals surface area (Å²) in [5, 5.41) is 3.48. The van der Waals surface area contributed by atoms with Crippen LogP contribution in [0.2, 0.25) is 0 Å². The van der Waals surface area contributed by atoms with Crippen LogP contribution in [0.4, 0.5) is 0 Å². The van der Waals surface area contributed by atoms with Crippen molar-refractivity contribution < 1.29 is 14.2 Å². The van der Waals surface area contributed by atoms with E-state index in [0.29, 0.717) is 6.10 Å². The van der Waals surface area contributed by atoms with Crippen molar-refractivity contribution in [3.8, 4) is 11.5 Å². The molecule has 0 spiro atoms. The first-order chi connectivity index (χ1) is 14.7. The van der Waals surface area contributed by atoms with Gasteiger partial charge in [-0.3, -0.25) is 4.99 Å². The van der Waals surface area contributed by atoms with E-state index in [0.717, 1.165) is 56.4 Å².